The molecule has 0 fully saturated rings. The minimum absolute atomic E-state index is 0.0154. The van der Waals surface area contributed by atoms with Gasteiger partial charge in [-0.2, -0.15) is 0 Å². The van der Waals surface area contributed by atoms with Gasteiger partial charge in [-0.15, -0.1) is 0 Å². The summed E-state index contributed by atoms with van der Waals surface area (Å²) < 4.78 is 5.97. The molecular weight excluding hydrogens is 248 g/mol. The van der Waals surface area contributed by atoms with Crippen LogP contribution in [0.25, 0.3) is 0 Å². The maximum Gasteiger partial charge on any atom is 0.0972 e. The fraction of sp³-hybridized carbons (Fsp3) is 0.353. The monoisotopic (exact) mass is 270 g/mol. The Kier molecular flexibility index (Phi) is 5.71. The zero-order valence-electron chi connectivity index (χ0n) is 11.9. The molecule has 1 heterocycles. The number of ether oxygens (including phenoxy) is 1. The van der Waals surface area contributed by atoms with E-state index in [9.17, 15) is 0 Å². The van der Waals surface area contributed by atoms with Crippen LogP contribution in [0, 0.1) is 0 Å². The van der Waals surface area contributed by atoms with Crippen LogP contribution in [0.15, 0.2) is 54.9 Å². The lowest BCUT2D eigenvalue weighted by Gasteiger charge is -2.22. The Hall–Kier alpha value is -1.71. The van der Waals surface area contributed by atoms with Crippen molar-refractivity contribution < 1.29 is 4.74 Å². The fourth-order valence-electron chi connectivity index (χ4n) is 2.23. The molecule has 106 valence electrons. The molecule has 0 amide bonds. The van der Waals surface area contributed by atoms with E-state index in [4.69, 9.17) is 10.5 Å². The number of hydrogen-bond acceptors (Lipinski definition) is 3. The van der Waals surface area contributed by atoms with Crippen LogP contribution in [0.5, 0.6) is 0 Å². The van der Waals surface area contributed by atoms with E-state index < -0.39 is 0 Å². The number of benzene rings is 1. The van der Waals surface area contributed by atoms with Crippen molar-refractivity contribution in [2.24, 2.45) is 5.73 Å². The summed E-state index contributed by atoms with van der Waals surface area (Å²) in [5, 5.41) is 0. The summed E-state index contributed by atoms with van der Waals surface area (Å²) in [7, 11) is 0. The highest BCUT2D eigenvalue weighted by atomic mass is 16.5. The molecule has 0 aliphatic carbocycles. The van der Waals surface area contributed by atoms with Crippen molar-refractivity contribution >= 4 is 0 Å². The van der Waals surface area contributed by atoms with Crippen molar-refractivity contribution in [2.45, 2.75) is 31.9 Å². The van der Waals surface area contributed by atoms with Crippen molar-refractivity contribution in [3.63, 3.8) is 0 Å². The highest BCUT2D eigenvalue weighted by Crippen LogP contribution is 2.20. The number of nitrogens with two attached hydrogens (primary N) is 1. The quantitative estimate of drug-likeness (QED) is 0.786. The fourth-order valence-corrected chi connectivity index (χ4v) is 2.23. The minimum Gasteiger partial charge on any atom is -0.372 e. The zero-order valence-corrected chi connectivity index (χ0v) is 11.9. The molecule has 2 atom stereocenters. The Bertz CT molecular complexity index is 485. The first-order valence-electron chi connectivity index (χ1n) is 7.08. The summed E-state index contributed by atoms with van der Waals surface area (Å²) in [6.07, 6.45) is 5.60. The number of aromatic nitrogens is 1. The van der Waals surface area contributed by atoms with Gasteiger partial charge in [0.05, 0.1) is 6.10 Å². The molecule has 2 rings (SSSR count). The predicted molar refractivity (Wildman–Crippen MR) is 81.3 cm³/mol. The molecule has 0 aliphatic heterocycles. The van der Waals surface area contributed by atoms with Gasteiger partial charge in [0.15, 0.2) is 0 Å². The zero-order chi connectivity index (χ0) is 14.2. The molecule has 0 saturated heterocycles. The van der Waals surface area contributed by atoms with E-state index in [-0.39, 0.29) is 12.1 Å². The Morgan fingerprint density at radius 2 is 1.80 bits per heavy atom. The van der Waals surface area contributed by atoms with Crippen LogP contribution in [0.1, 0.15) is 30.6 Å². The summed E-state index contributed by atoms with van der Waals surface area (Å²) >= 11 is 0. The molecule has 0 aliphatic rings. The van der Waals surface area contributed by atoms with Crippen LogP contribution in [-0.2, 0) is 11.2 Å². The molecule has 1 aromatic carbocycles. The molecule has 3 nitrogen and oxygen atoms in total. The van der Waals surface area contributed by atoms with E-state index in [2.05, 4.69) is 17.1 Å². The predicted octanol–water partition coefficient (Wildman–Crippen LogP) is 3.12. The minimum atomic E-state index is -0.0337. The van der Waals surface area contributed by atoms with Gasteiger partial charge in [-0.1, -0.05) is 30.3 Å². The molecule has 2 N–H and O–H groups in total. The van der Waals surface area contributed by atoms with Crippen molar-refractivity contribution in [3.05, 3.63) is 66.0 Å². The second-order valence-electron chi connectivity index (χ2n) is 5.02. The topological polar surface area (TPSA) is 48.1 Å². The van der Waals surface area contributed by atoms with E-state index in [1.165, 1.54) is 5.56 Å². The third kappa shape index (κ3) is 4.44. The lowest BCUT2D eigenvalue weighted by Crippen LogP contribution is -2.27. The van der Waals surface area contributed by atoms with E-state index in [1.54, 1.807) is 0 Å². The van der Waals surface area contributed by atoms with Gasteiger partial charge in [0.1, 0.15) is 0 Å². The second-order valence-corrected chi connectivity index (χ2v) is 5.02. The molecule has 0 radical (unpaired) electrons. The molecule has 2 aromatic rings. The van der Waals surface area contributed by atoms with Gasteiger partial charge in [-0.05, 0) is 43.0 Å². The van der Waals surface area contributed by atoms with Gasteiger partial charge in [0.2, 0.25) is 0 Å². The van der Waals surface area contributed by atoms with Crippen molar-refractivity contribution in [1.29, 1.82) is 0 Å². The number of aryl methyl sites for hydroxylation is 1. The van der Waals surface area contributed by atoms with Crippen LogP contribution >= 0.6 is 0 Å². The third-order valence-corrected chi connectivity index (χ3v) is 3.26. The molecule has 3 heteroatoms. The molecule has 2 unspecified atom stereocenters. The van der Waals surface area contributed by atoms with Crippen molar-refractivity contribution in [3.8, 4) is 0 Å². The average Bonchev–Trinajstić information content (AvgIpc) is 2.49. The molecule has 1 aromatic heterocycles. The number of hydrogen-bond donors (Lipinski definition) is 1. The molecule has 20 heavy (non-hydrogen) atoms. The van der Waals surface area contributed by atoms with Gasteiger partial charge < -0.3 is 10.5 Å². The smallest absolute Gasteiger partial charge is 0.0972 e. The number of pyridine rings is 1. The first-order chi connectivity index (χ1) is 9.77. The summed E-state index contributed by atoms with van der Waals surface area (Å²) in [4.78, 5) is 4.02. The van der Waals surface area contributed by atoms with Gasteiger partial charge in [-0.25, -0.2) is 0 Å². The van der Waals surface area contributed by atoms with Crippen LogP contribution in [0.4, 0.5) is 0 Å². The van der Waals surface area contributed by atoms with Crippen molar-refractivity contribution in [1.82, 2.24) is 4.98 Å². The van der Waals surface area contributed by atoms with E-state index in [0.29, 0.717) is 6.61 Å². The first kappa shape index (κ1) is 14.7. The van der Waals surface area contributed by atoms with Gasteiger partial charge in [0.25, 0.3) is 0 Å². The summed E-state index contributed by atoms with van der Waals surface area (Å²) in [5.41, 5.74) is 8.47. The maximum absolute atomic E-state index is 6.03. The SMILES string of the molecule is CC(N)C(OCCCc1ccncc1)c1ccccc1. The van der Waals surface area contributed by atoms with E-state index >= 15 is 0 Å². The molecule has 0 spiro atoms. The van der Waals surface area contributed by atoms with E-state index in [1.807, 2.05) is 49.6 Å². The summed E-state index contributed by atoms with van der Waals surface area (Å²) in [5.74, 6) is 0. The number of nitrogens with zero attached hydrogens (tertiary/aromatic N) is 1. The highest BCUT2D eigenvalue weighted by Gasteiger charge is 2.16. The largest absolute Gasteiger partial charge is 0.372 e. The number of rotatable bonds is 7. The van der Waals surface area contributed by atoms with Crippen LogP contribution < -0.4 is 5.73 Å². The Balaban J connectivity index is 1.82. The van der Waals surface area contributed by atoms with Crippen LogP contribution in [-0.4, -0.2) is 17.6 Å². The maximum atomic E-state index is 6.03. The average molecular weight is 270 g/mol. The molecule has 0 saturated carbocycles. The second kappa shape index (κ2) is 7.78. The van der Waals surface area contributed by atoms with E-state index in [0.717, 1.165) is 18.4 Å². The molecule has 0 bridgehead atoms. The van der Waals surface area contributed by atoms with Crippen molar-refractivity contribution in [2.75, 3.05) is 6.61 Å². The standard InChI is InChI=1S/C17H22N2O/c1-14(18)17(16-7-3-2-4-8-16)20-13-5-6-15-9-11-19-12-10-15/h2-4,7-12,14,17H,5-6,13,18H2,1H3. The lowest BCUT2D eigenvalue weighted by atomic mass is 10.0. The normalized spacial score (nSPS) is 13.9. The van der Waals surface area contributed by atoms with Crippen LogP contribution in [0.2, 0.25) is 0 Å². The lowest BCUT2D eigenvalue weighted by molar-refractivity contribution is 0.0370. The van der Waals surface area contributed by atoms with Gasteiger partial charge >= 0.3 is 0 Å². The van der Waals surface area contributed by atoms with Crippen LogP contribution in [0.3, 0.4) is 0 Å². The third-order valence-electron chi connectivity index (χ3n) is 3.26. The Labute approximate surface area is 120 Å². The molecular formula is C17H22N2O. The van der Waals surface area contributed by atoms with Gasteiger partial charge in [-0.3, -0.25) is 4.98 Å². The van der Waals surface area contributed by atoms with Gasteiger partial charge in [0, 0.05) is 25.0 Å². The Morgan fingerprint density at radius 3 is 2.45 bits per heavy atom. The summed E-state index contributed by atoms with van der Waals surface area (Å²) in [6, 6.07) is 14.2. The highest BCUT2D eigenvalue weighted by molar-refractivity contribution is 5.18. The summed E-state index contributed by atoms with van der Waals surface area (Å²) in [6.45, 7) is 2.70. The Morgan fingerprint density at radius 1 is 1.10 bits per heavy atom. The first-order valence-corrected chi connectivity index (χ1v) is 7.08.